The number of carbonyl (C=O) groups excluding carboxylic acids is 1. The zero-order chi connectivity index (χ0) is 19.1. The van der Waals surface area contributed by atoms with E-state index in [0.29, 0.717) is 30.2 Å². The predicted octanol–water partition coefficient (Wildman–Crippen LogP) is 4.37. The smallest absolute Gasteiger partial charge is 0.255 e. The monoisotopic (exact) mass is 361 g/mol. The number of anilines is 2. The van der Waals surface area contributed by atoms with Crippen molar-refractivity contribution < 1.29 is 9.53 Å². The third-order valence-electron chi connectivity index (χ3n) is 4.10. The number of nitrogens with one attached hydrogen (secondary N) is 1. The molecule has 0 unspecified atom stereocenters. The number of pyridine rings is 1. The van der Waals surface area contributed by atoms with Crippen LogP contribution in [0.2, 0.25) is 0 Å². The first-order valence-corrected chi connectivity index (χ1v) is 8.91. The molecule has 0 bridgehead atoms. The molecule has 0 aliphatic rings. The van der Waals surface area contributed by atoms with Gasteiger partial charge in [0.2, 0.25) is 0 Å². The average Bonchev–Trinajstić information content (AvgIpc) is 2.70. The van der Waals surface area contributed by atoms with E-state index >= 15 is 0 Å². The van der Waals surface area contributed by atoms with Crippen molar-refractivity contribution in [1.82, 2.24) is 4.98 Å². The summed E-state index contributed by atoms with van der Waals surface area (Å²) in [6.45, 7) is 3.17. The van der Waals surface area contributed by atoms with Gasteiger partial charge in [0.25, 0.3) is 5.91 Å². The van der Waals surface area contributed by atoms with Crippen molar-refractivity contribution in [3.05, 3.63) is 84.1 Å². The van der Waals surface area contributed by atoms with Crippen LogP contribution in [-0.2, 0) is 6.54 Å². The summed E-state index contributed by atoms with van der Waals surface area (Å²) in [7, 11) is 1.96. The summed E-state index contributed by atoms with van der Waals surface area (Å²) < 4.78 is 5.57. The average molecular weight is 361 g/mol. The van der Waals surface area contributed by atoms with Gasteiger partial charge in [-0.25, -0.2) is 4.98 Å². The molecule has 3 rings (SSSR count). The Balaban J connectivity index is 1.74. The molecule has 0 atom stereocenters. The van der Waals surface area contributed by atoms with Crippen molar-refractivity contribution in [2.24, 2.45) is 0 Å². The van der Waals surface area contributed by atoms with Gasteiger partial charge < -0.3 is 15.0 Å². The molecule has 0 saturated heterocycles. The molecule has 1 N–H and O–H groups in total. The van der Waals surface area contributed by atoms with Crippen molar-refractivity contribution >= 4 is 17.4 Å². The molecular weight excluding hydrogens is 338 g/mol. The highest BCUT2D eigenvalue weighted by atomic mass is 16.5. The van der Waals surface area contributed by atoms with E-state index in [2.05, 4.69) is 22.4 Å². The largest absolute Gasteiger partial charge is 0.492 e. The van der Waals surface area contributed by atoms with Crippen LogP contribution in [0, 0.1) is 0 Å². The van der Waals surface area contributed by atoms with Gasteiger partial charge in [-0.15, -0.1) is 0 Å². The Labute approximate surface area is 159 Å². The Bertz CT molecular complexity index is 897. The van der Waals surface area contributed by atoms with Gasteiger partial charge in [0, 0.05) is 25.4 Å². The minimum Gasteiger partial charge on any atom is -0.492 e. The van der Waals surface area contributed by atoms with Crippen molar-refractivity contribution in [1.29, 1.82) is 0 Å². The zero-order valence-electron chi connectivity index (χ0n) is 15.6. The van der Waals surface area contributed by atoms with Crippen molar-refractivity contribution in [2.75, 3.05) is 23.9 Å². The quantitative estimate of drug-likeness (QED) is 0.679. The van der Waals surface area contributed by atoms with E-state index in [-0.39, 0.29) is 5.91 Å². The second-order valence-electron chi connectivity index (χ2n) is 6.13. The van der Waals surface area contributed by atoms with Gasteiger partial charge in [-0.1, -0.05) is 42.5 Å². The number of para-hydroxylation sites is 2. The van der Waals surface area contributed by atoms with Gasteiger partial charge in [0.1, 0.15) is 11.6 Å². The van der Waals surface area contributed by atoms with Gasteiger partial charge >= 0.3 is 0 Å². The Morgan fingerprint density at radius 3 is 2.59 bits per heavy atom. The molecule has 0 radical (unpaired) electrons. The van der Waals surface area contributed by atoms with E-state index in [1.807, 2.05) is 61.3 Å². The van der Waals surface area contributed by atoms with Gasteiger partial charge in [-0.3, -0.25) is 4.79 Å². The predicted molar refractivity (Wildman–Crippen MR) is 108 cm³/mol. The fourth-order valence-corrected chi connectivity index (χ4v) is 2.75. The Morgan fingerprint density at radius 1 is 1.07 bits per heavy atom. The van der Waals surface area contributed by atoms with E-state index in [4.69, 9.17) is 4.74 Å². The lowest BCUT2D eigenvalue weighted by Crippen LogP contribution is -2.19. The molecule has 1 amide bonds. The molecule has 138 valence electrons. The Morgan fingerprint density at radius 2 is 1.81 bits per heavy atom. The van der Waals surface area contributed by atoms with Gasteiger partial charge in [-0.2, -0.15) is 0 Å². The molecule has 3 aromatic rings. The normalized spacial score (nSPS) is 10.3. The van der Waals surface area contributed by atoms with Crippen LogP contribution in [0.25, 0.3) is 0 Å². The van der Waals surface area contributed by atoms with Crippen molar-refractivity contribution in [3.8, 4) is 5.75 Å². The molecule has 1 aromatic heterocycles. The number of carbonyl (C=O) groups is 1. The molecular formula is C22H23N3O2. The van der Waals surface area contributed by atoms with Crippen LogP contribution in [-0.4, -0.2) is 24.5 Å². The minimum absolute atomic E-state index is 0.195. The lowest BCUT2D eigenvalue weighted by Gasteiger charge is -2.19. The standard InChI is InChI=1S/C22H23N3O2/c1-3-27-20-12-8-7-11-19(20)24-22(26)18-13-14-23-21(15-18)25(2)16-17-9-5-4-6-10-17/h4-15H,3,16H2,1-2H3,(H,24,26). The van der Waals surface area contributed by atoms with Crippen LogP contribution in [0.3, 0.4) is 0 Å². The molecule has 0 fully saturated rings. The fourth-order valence-electron chi connectivity index (χ4n) is 2.75. The van der Waals surface area contributed by atoms with E-state index in [0.717, 1.165) is 5.82 Å². The zero-order valence-corrected chi connectivity index (χ0v) is 15.6. The second-order valence-corrected chi connectivity index (χ2v) is 6.13. The minimum atomic E-state index is -0.195. The third-order valence-corrected chi connectivity index (χ3v) is 4.10. The number of rotatable bonds is 7. The van der Waals surface area contributed by atoms with E-state index in [9.17, 15) is 4.79 Å². The number of benzene rings is 2. The lowest BCUT2D eigenvalue weighted by atomic mass is 10.2. The number of hydrogen-bond acceptors (Lipinski definition) is 4. The van der Waals surface area contributed by atoms with E-state index < -0.39 is 0 Å². The summed E-state index contributed by atoms with van der Waals surface area (Å²) >= 11 is 0. The first kappa shape index (κ1) is 18.5. The summed E-state index contributed by atoms with van der Waals surface area (Å²) in [6.07, 6.45) is 1.65. The molecule has 2 aromatic carbocycles. The molecule has 0 aliphatic carbocycles. The van der Waals surface area contributed by atoms with Crippen LogP contribution in [0.4, 0.5) is 11.5 Å². The first-order chi connectivity index (χ1) is 13.2. The summed E-state index contributed by atoms with van der Waals surface area (Å²) in [5.41, 5.74) is 2.38. The third kappa shape index (κ3) is 4.85. The molecule has 1 heterocycles. The van der Waals surface area contributed by atoms with Crippen LogP contribution in [0.5, 0.6) is 5.75 Å². The number of nitrogens with zero attached hydrogens (tertiary/aromatic N) is 2. The number of aromatic nitrogens is 1. The van der Waals surface area contributed by atoms with Crippen LogP contribution >= 0.6 is 0 Å². The summed E-state index contributed by atoms with van der Waals surface area (Å²) in [5, 5.41) is 2.92. The number of hydrogen-bond donors (Lipinski definition) is 1. The number of amides is 1. The van der Waals surface area contributed by atoms with E-state index in [1.54, 1.807) is 18.3 Å². The first-order valence-electron chi connectivity index (χ1n) is 8.91. The summed E-state index contributed by atoms with van der Waals surface area (Å²) in [5.74, 6) is 1.20. The topological polar surface area (TPSA) is 54.5 Å². The molecule has 0 spiro atoms. The van der Waals surface area contributed by atoms with Crippen LogP contribution in [0.15, 0.2) is 72.9 Å². The SMILES string of the molecule is CCOc1ccccc1NC(=O)c1ccnc(N(C)Cc2ccccc2)c1. The highest BCUT2D eigenvalue weighted by Crippen LogP contribution is 2.24. The number of ether oxygens (including phenoxy) is 1. The van der Waals surface area contributed by atoms with E-state index in [1.165, 1.54) is 5.56 Å². The highest BCUT2D eigenvalue weighted by Gasteiger charge is 2.12. The van der Waals surface area contributed by atoms with Crippen molar-refractivity contribution in [2.45, 2.75) is 13.5 Å². The maximum atomic E-state index is 12.7. The van der Waals surface area contributed by atoms with Crippen molar-refractivity contribution in [3.63, 3.8) is 0 Å². The Kier molecular flexibility index (Phi) is 6.05. The molecule has 5 nitrogen and oxygen atoms in total. The fraction of sp³-hybridized carbons (Fsp3) is 0.182. The van der Waals surface area contributed by atoms with Gasteiger partial charge in [0.15, 0.2) is 0 Å². The van der Waals surface area contributed by atoms with Crippen LogP contribution in [0.1, 0.15) is 22.8 Å². The summed E-state index contributed by atoms with van der Waals surface area (Å²) in [6, 6.07) is 21.1. The molecule has 27 heavy (non-hydrogen) atoms. The molecule has 0 aliphatic heterocycles. The maximum Gasteiger partial charge on any atom is 0.255 e. The maximum absolute atomic E-state index is 12.7. The molecule has 0 saturated carbocycles. The van der Waals surface area contributed by atoms with Gasteiger partial charge in [-0.05, 0) is 36.8 Å². The van der Waals surface area contributed by atoms with Gasteiger partial charge in [0.05, 0.1) is 12.3 Å². The highest BCUT2D eigenvalue weighted by molar-refractivity contribution is 6.05. The summed E-state index contributed by atoms with van der Waals surface area (Å²) in [4.78, 5) is 19.1. The second kappa shape index (κ2) is 8.85. The lowest BCUT2D eigenvalue weighted by molar-refractivity contribution is 0.102. The van der Waals surface area contributed by atoms with Crippen LogP contribution < -0.4 is 15.0 Å². The Hall–Kier alpha value is -3.34. The molecule has 5 heteroatoms.